The Bertz CT molecular complexity index is 306. The molecule has 1 atom stereocenters. The fraction of sp³-hybridized carbons (Fsp3) is 0.538. The van der Waals surface area contributed by atoms with E-state index in [0.29, 0.717) is 5.41 Å². The molecule has 1 heterocycles. The summed E-state index contributed by atoms with van der Waals surface area (Å²) in [6.07, 6.45) is 1.26. The molecule has 0 saturated carbocycles. The first-order valence-corrected chi connectivity index (χ1v) is 5.65. The van der Waals surface area contributed by atoms with Crippen LogP contribution in [0.25, 0.3) is 0 Å². The molecule has 0 amide bonds. The van der Waals surface area contributed by atoms with E-state index in [4.69, 9.17) is 0 Å². The predicted molar refractivity (Wildman–Crippen MR) is 64.2 cm³/mol. The Balaban J connectivity index is 2.27. The van der Waals surface area contributed by atoms with Gasteiger partial charge in [0.05, 0.1) is 0 Å². The van der Waals surface area contributed by atoms with Gasteiger partial charge in [-0.2, -0.15) is 0 Å². The standard InChI is InChI=1S/C13H20N2/c1-14-10-13(8-9-15(2)11-13)12-6-4-3-5-7-12/h3-7,14H,8-11H2,1-2H3/t13-/m1/s1. The maximum atomic E-state index is 3.34. The highest BCUT2D eigenvalue weighted by Crippen LogP contribution is 2.33. The lowest BCUT2D eigenvalue weighted by atomic mass is 9.79. The predicted octanol–water partition coefficient (Wildman–Crippen LogP) is 1.48. The molecule has 0 aliphatic carbocycles. The lowest BCUT2D eigenvalue weighted by Crippen LogP contribution is -2.39. The smallest absolute Gasteiger partial charge is 0.0217 e. The van der Waals surface area contributed by atoms with Crippen molar-refractivity contribution < 1.29 is 0 Å². The summed E-state index contributed by atoms with van der Waals surface area (Å²) in [5.74, 6) is 0. The molecule has 0 radical (unpaired) electrons. The first-order chi connectivity index (χ1) is 7.27. The Morgan fingerprint density at radius 1 is 1.33 bits per heavy atom. The van der Waals surface area contributed by atoms with Gasteiger partial charge in [-0.3, -0.25) is 0 Å². The molecular weight excluding hydrogens is 184 g/mol. The fourth-order valence-corrected chi connectivity index (χ4v) is 2.69. The van der Waals surface area contributed by atoms with E-state index in [1.54, 1.807) is 0 Å². The molecular formula is C13H20N2. The van der Waals surface area contributed by atoms with Crippen molar-refractivity contribution in [3.8, 4) is 0 Å². The van der Waals surface area contributed by atoms with E-state index in [2.05, 4.69) is 47.6 Å². The number of hydrogen-bond acceptors (Lipinski definition) is 2. The molecule has 1 fully saturated rings. The number of hydrogen-bond donors (Lipinski definition) is 1. The minimum atomic E-state index is 0.324. The molecule has 0 aromatic heterocycles. The maximum Gasteiger partial charge on any atom is 0.0217 e. The Morgan fingerprint density at radius 3 is 2.60 bits per heavy atom. The number of nitrogens with zero attached hydrogens (tertiary/aromatic N) is 1. The van der Waals surface area contributed by atoms with E-state index < -0.39 is 0 Å². The molecule has 0 spiro atoms. The molecule has 1 N–H and O–H groups in total. The molecule has 2 heteroatoms. The average molecular weight is 204 g/mol. The molecule has 2 nitrogen and oxygen atoms in total. The first-order valence-electron chi connectivity index (χ1n) is 5.65. The van der Waals surface area contributed by atoms with Crippen molar-refractivity contribution in [1.29, 1.82) is 0 Å². The Kier molecular flexibility index (Phi) is 3.08. The normalized spacial score (nSPS) is 27.1. The summed E-state index contributed by atoms with van der Waals surface area (Å²) in [7, 11) is 4.25. The van der Waals surface area contributed by atoms with Crippen molar-refractivity contribution in [2.45, 2.75) is 11.8 Å². The van der Waals surface area contributed by atoms with Gasteiger partial charge in [-0.1, -0.05) is 30.3 Å². The highest BCUT2D eigenvalue weighted by molar-refractivity contribution is 5.28. The van der Waals surface area contributed by atoms with Crippen molar-refractivity contribution >= 4 is 0 Å². The van der Waals surface area contributed by atoms with Crippen molar-refractivity contribution in [3.05, 3.63) is 35.9 Å². The van der Waals surface area contributed by atoms with Crippen molar-refractivity contribution in [3.63, 3.8) is 0 Å². The van der Waals surface area contributed by atoms with E-state index in [1.807, 2.05) is 7.05 Å². The zero-order valence-electron chi connectivity index (χ0n) is 9.66. The quantitative estimate of drug-likeness (QED) is 0.802. The van der Waals surface area contributed by atoms with Crippen LogP contribution in [0, 0.1) is 0 Å². The van der Waals surface area contributed by atoms with Gasteiger partial charge in [0.1, 0.15) is 0 Å². The molecule has 0 unspecified atom stereocenters. The summed E-state index contributed by atoms with van der Waals surface area (Å²) in [5, 5.41) is 3.34. The van der Waals surface area contributed by atoms with Crippen molar-refractivity contribution in [2.24, 2.45) is 0 Å². The Morgan fingerprint density at radius 2 is 2.07 bits per heavy atom. The zero-order valence-corrected chi connectivity index (χ0v) is 9.66. The molecule has 1 aromatic rings. The average Bonchev–Trinajstić information content (AvgIpc) is 2.63. The van der Waals surface area contributed by atoms with Gasteiger partial charge in [0, 0.05) is 18.5 Å². The van der Waals surface area contributed by atoms with E-state index in [1.165, 1.54) is 18.5 Å². The topological polar surface area (TPSA) is 15.3 Å². The third-order valence-electron chi connectivity index (χ3n) is 3.45. The SMILES string of the molecule is CNC[C@]1(c2ccccc2)CCN(C)C1. The Labute approximate surface area is 92.3 Å². The highest BCUT2D eigenvalue weighted by atomic mass is 15.1. The lowest BCUT2D eigenvalue weighted by molar-refractivity contribution is 0.361. The Hall–Kier alpha value is -0.860. The van der Waals surface area contributed by atoms with Crippen LogP contribution in [0.4, 0.5) is 0 Å². The van der Waals surface area contributed by atoms with Gasteiger partial charge in [0.2, 0.25) is 0 Å². The second-order valence-corrected chi connectivity index (χ2v) is 4.66. The van der Waals surface area contributed by atoms with Gasteiger partial charge < -0.3 is 10.2 Å². The molecule has 1 saturated heterocycles. The monoisotopic (exact) mass is 204 g/mol. The molecule has 1 aliphatic heterocycles. The van der Waals surface area contributed by atoms with Crippen LogP contribution in [0.1, 0.15) is 12.0 Å². The third kappa shape index (κ3) is 2.06. The van der Waals surface area contributed by atoms with Crippen molar-refractivity contribution in [1.82, 2.24) is 10.2 Å². The van der Waals surface area contributed by atoms with Gasteiger partial charge in [0.25, 0.3) is 0 Å². The van der Waals surface area contributed by atoms with Crippen LogP contribution in [0.3, 0.4) is 0 Å². The van der Waals surface area contributed by atoms with Crippen LogP contribution in [0.5, 0.6) is 0 Å². The minimum absolute atomic E-state index is 0.324. The summed E-state index contributed by atoms with van der Waals surface area (Å²) < 4.78 is 0. The van der Waals surface area contributed by atoms with Gasteiger partial charge in [-0.25, -0.2) is 0 Å². The number of rotatable bonds is 3. The largest absolute Gasteiger partial charge is 0.319 e. The lowest BCUT2D eigenvalue weighted by Gasteiger charge is -2.29. The molecule has 1 aliphatic rings. The summed E-state index contributed by atoms with van der Waals surface area (Å²) in [4.78, 5) is 2.42. The summed E-state index contributed by atoms with van der Waals surface area (Å²) in [5.41, 5.74) is 1.80. The number of likely N-dealkylation sites (N-methyl/N-ethyl adjacent to an activating group) is 2. The third-order valence-corrected chi connectivity index (χ3v) is 3.45. The molecule has 0 bridgehead atoms. The molecule has 2 rings (SSSR count). The minimum Gasteiger partial charge on any atom is -0.319 e. The highest BCUT2D eigenvalue weighted by Gasteiger charge is 2.37. The van der Waals surface area contributed by atoms with Gasteiger partial charge in [-0.15, -0.1) is 0 Å². The fourth-order valence-electron chi connectivity index (χ4n) is 2.69. The number of nitrogens with one attached hydrogen (secondary N) is 1. The molecule has 15 heavy (non-hydrogen) atoms. The van der Waals surface area contributed by atoms with Gasteiger partial charge in [0.15, 0.2) is 0 Å². The van der Waals surface area contributed by atoms with E-state index in [0.717, 1.165) is 13.1 Å². The van der Waals surface area contributed by atoms with E-state index in [9.17, 15) is 0 Å². The van der Waals surface area contributed by atoms with Crippen LogP contribution in [-0.4, -0.2) is 38.6 Å². The molecule has 1 aromatic carbocycles. The summed E-state index contributed by atoms with van der Waals surface area (Å²) >= 11 is 0. The van der Waals surface area contributed by atoms with Crippen molar-refractivity contribution in [2.75, 3.05) is 33.7 Å². The molecule has 82 valence electrons. The second kappa shape index (κ2) is 4.33. The van der Waals surface area contributed by atoms with Crippen LogP contribution >= 0.6 is 0 Å². The van der Waals surface area contributed by atoms with E-state index in [-0.39, 0.29) is 0 Å². The van der Waals surface area contributed by atoms with Crippen LogP contribution in [-0.2, 0) is 5.41 Å². The summed E-state index contributed by atoms with van der Waals surface area (Å²) in [6.45, 7) is 3.44. The maximum absolute atomic E-state index is 3.34. The van der Waals surface area contributed by atoms with Crippen LogP contribution < -0.4 is 5.32 Å². The number of likely N-dealkylation sites (tertiary alicyclic amines) is 1. The second-order valence-electron chi connectivity index (χ2n) is 4.66. The zero-order chi connectivity index (χ0) is 10.7. The van der Waals surface area contributed by atoms with Crippen LogP contribution in [0.15, 0.2) is 30.3 Å². The van der Waals surface area contributed by atoms with Crippen LogP contribution in [0.2, 0.25) is 0 Å². The van der Waals surface area contributed by atoms with Gasteiger partial charge in [-0.05, 0) is 32.6 Å². The van der Waals surface area contributed by atoms with E-state index >= 15 is 0 Å². The number of benzene rings is 1. The van der Waals surface area contributed by atoms with Gasteiger partial charge >= 0.3 is 0 Å². The first kappa shape index (κ1) is 10.7. The summed E-state index contributed by atoms with van der Waals surface area (Å²) in [6, 6.07) is 10.9.